The van der Waals surface area contributed by atoms with Gasteiger partial charge in [0.15, 0.2) is 0 Å². The van der Waals surface area contributed by atoms with Crippen LogP contribution in [0.3, 0.4) is 0 Å². The zero-order chi connectivity index (χ0) is 12.1. The van der Waals surface area contributed by atoms with Crippen LogP contribution in [0.4, 0.5) is 0 Å². The Morgan fingerprint density at radius 3 is 2.38 bits per heavy atom. The molecule has 0 heterocycles. The highest BCUT2D eigenvalue weighted by atomic mass is 17.0. The predicted molar refractivity (Wildman–Crippen MR) is 60.2 cm³/mol. The Labute approximate surface area is 96.5 Å². The molecule has 0 spiro atoms. The van der Waals surface area contributed by atoms with Gasteiger partial charge in [0.05, 0.1) is 0 Å². The molecular formula is C12H21NO3. The topological polar surface area (TPSA) is 52.4 Å². The highest BCUT2D eigenvalue weighted by molar-refractivity contribution is 5.08. The SMILES string of the molecule is CC(C)[C@H]1C(O[N+](=O)[O-])[C@@H]2CC[C@H]1C2(C)C. The number of nitrogens with zero attached hydrogens (tertiary/aromatic N) is 1. The normalized spacial score (nSPS) is 40.3. The van der Waals surface area contributed by atoms with Crippen molar-refractivity contribution in [2.45, 2.75) is 46.6 Å². The molecule has 2 saturated carbocycles. The standard InChI is InChI=1S/C12H21NO3/c1-7(2)10-8-5-6-9(12(8,3)4)11(10)16-13(14)15/h7-11H,5-6H2,1-4H3/t8-,9+,10-,11?/m1/s1. The summed E-state index contributed by atoms with van der Waals surface area (Å²) in [6.45, 7) is 8.79. The average molecular weight is 227 g/mol. The zero-order valence-corrected chi connectivity index (χ0v) is 10.5. The first kappa shape index (κ1) is 11.7. The molecular weight excluding hydrogens is 206 g/mol. The summed E-state index contributed by atoms with van der Waals surface area (Å²) in [6.07, 6.45) is 2.11. The van der Waals surface area contributed by atoms with Crippen LogP contribution >= 0.6 is 0 Å². The van der Waals surface area contributed by atoms with E-state index in [1.165, 1.54) is 6.42 Å². The summed E-state index contributed by atoms with van der Waals surface area (Å²) in [5.41, 5.74) is 0.204. The molecule has 1 unspecified atom stereocenters. The molecule has 0 saturated heterocycles. The Balaban J connectivity index is 2.26. The van der Waals surface area contributed by atoms with Gasteiger partial charge in [-0.25, -0.2) is 0 Å². The first-order valence-electron chi connectivity index (χ1n) is 6.17. The minimum absolute atomic E-state index is 0.177. The molecule has 16 heavy (non-hydrogen) atoms. The summed E-state index contributed by atoms with van der Waals surface area (Å²) in [5.74, 6) is 1.75. The molecule has 0 radical (unpaired) electrons. The van der Waals surface area contributed by atoms with Crippen LogP contribution in [0.1, 0.15) is 40.5 Å². The van der Waals surface area contributed by atoms with E-state index in [1.807, 2.05) is 0 Å². The van der Waals surface area contributed by atoms with Gasteiger partial charge in [-0.1, -0.05) is 27.7 Å². The van der Waals surface area contributed by atoms with Crippen LogP contribution in [0.5, 0.6) is 0 Å². The second-order valence-corrected chi connectivity index (χ2v) is 6.23. The number of rotatable bonds is 3. The maximum absolute atomic E-state index is 10.6. The van der Waals surface area contributed by atoms with Crippen LogP contribution < -0.4 is 0 Å². The van der Waals surface area contributed by atoms with Gasteiger partial charge in [0.2, 0.25) is 0 Å². The van der Waals surface area contributed by atoms with Gasteiger partial charge in [-0.05, 0) is 41.9 Å². The zero-order valence-electron chi connectivity index (χ0n) is 10.5. The molecule has 0 aromatic carbocycles. The fourth-order valence-electron chi connectivity index (χ4n) is 4.24. The van der Waals surface area contributed by atoms with Gasteiger partial charge in [-0.3, -0.25) is 0 Å². The molecule has 92 valence electrons. The van der Waals surface area contributed by atoms with Crippen molar-refractivity contribution in [3.63, 3.8) is 0 Å². The predicted octanol–water partition coefficient (Wildman–Crippen LogP) is 2.90. The molecule has 4 nitrogen and oxygen atoms in total. The molecule has 2 aliphatic carbocycles. The summed E-state index contributed by atoms with van der Waals surface area (Å²) in [4.78, 5) is 15.6. The molecule has 0 aromatic heterocycles. The molecule has 2 bridgehead atoms. The van der Waals surface area contributed by atoms with Crippen LogP contribution in [0.25, 0.3) is 0 Å². The van der Waals surface area contributed by atoms with E-state index in [-0.39, 0.29) is 11.5 Å². The third-order valence-electron chi connectivity index (χ3n) is 4.92. The van der Waals surface area contributed by atoms with Crippen LogP contribution in [-0.2, 0) is 4.84 Å². The molecule has 0 N–H and O–H groups in total. The molecule has 0 aliphatic heterocycles. The van der Waals surface area contributed by atoms with Crippen molar-refractivity contribution in [1.82, 2.24) is 0 Å². The first-order valence-corrected chi connectivity index (χ1v) is 6.17. The van der Waals surface area contributed by atoms with Gasteiger partial charge in [0, 0.05) is 0 Å². The minimum atomic E-state index is -0.600. The lowest BCUT2D eigenvalue weighted by Gasteiger charge is -2.32. The van der Waals surface area contributed by atoms with E-state index in [0.717, 1.165) is 6.42 Å². The monoisotopic (exact) mass is 227 g/mol. The second-order valence-electron chi connectivity index (χ2n) is 6.23. The molecule has 4 atom stereocenters. The Kier molecular flexibility index (Phi) is 2.63. The van der Waals surface area contributed by atoms with Crippen LogP contribution in [0, 0.1) is 39.2 Å². The van der Waals surface area contributed by atoms with Crippen molar-refractivity contribution in [3.05, 3.63) is 10.1 Å². The van der Waals surface area contributed by atoms with Crippen molar-refractivity contribution in [1.29, 1.82) is 0 Å². The van der Waals surface area contributed by atoms with E-state index in [0.29, 0.717) is 23.7 Å². The van der Waals surface area contributed by atoms with Crippen LogP contribution in [-0.4, -0.2) is 11.2 Å². The average Bonchev–Trinajstić information content (AvgIpc) is 2.51. The van der Waals surface area contributed by atoms with Crippen molar-refractivity contribution in [2.24, 2.45) is 29.1 Å². The Morgan fingerprint density at radius 1 is 1.31 bits per heavy atom. The van der Waals surface area contributed by atoms with Crippen LogP contribution in [0.15, 0.2) is 0 Å². The molecule has 2 fully saturated rings. The lowest BCUT2D eigenvalue weighted by molar-refractivity contribution is -0.772. The van der Waals surface area contributed by atoms with E-state index >= 15 is 0 Å². The Hall–Kier alpha value is -0.800. The molecule has 0 amide bonds. The quantitative estimate of drug-likeness (QED) is 0.550. The Bertz CT molecular complexity index is 301. The summed E-state index contributed by atoms with van der Waals surface area (Å²) in [7, 11) is 0. The van der Waals surface area contributed by atoms with Crippen molar-refractivity contribution < 1.29 is 9.92 Å². The van der Waals surface area contributed by atoms with Crippen molar-refractivity contribution >= 4 is 0 Å². The number of fused-ring (bicyclic) bond motifs is 2. The molecule has 0 aromatic rings. The van der Waals surface area contributed by atoms with Gasteiger partial charge in [-0.15, -0.1) is 10.1 Å². The third-order valence-corrected chi connectivity index (χ3v) is 4.92. The number of hydrogen-bond donors (Lipinski definition) is 0. The molecule has 4 heteroatoms. The van der Waals surface area contributed by atoms with Gasteiger partial charge in [0.25, 0.3) is 5.09 Å². The fourth-order valence-corrected chi connectivity index (χ4v) is 4.24. The maximum Gasteiger partial charge on any atom is 0.294 e. The maximum atomic E-state index is 10.6. The number of hydrogen-bond acceptors (Lipinski definition) is 3. The van der Waals surface area contributed by atoms with Gasteiger partial charge < -0.3 is 4.84 Å². The summed E-state index contributed by atoms with van der Waals surface area (Å²) in [5, 5.41) is 9.99. The van der Waals surface area contributed by atoms with Crippen LogP contribution in [0.2, 0.25) is 0 Å². The van der Waals surface area contributed by atoms with Gasteiger partial charge in [-0.2, -0.15) is 0 Å². The summed E-state index contributed by atoms with van der Waals surface area (Å²) < 4.78 is 0. The summed E-state index contributed by atoms with van der Waals surface area (Å²) in [6, 6.07) is 0. The largest absolute Gasteiger partial charge is 0.310 e. The first-order chi connectivity index (χ1) is 7.35. The lowest BCUT2D eigenvalue weighted by Crippen LogP contribution is -2.35. The smallest absolute Gasteiger partial charge is 0.294 e. The van der Waals surface area contributed by atoms with Gasteiger partial charge in [0.1, 0.15) is 6.10 Å². The Morgan fingerprint density at radius 2 is 1.88 bits per heavy atom. The molecule has 2 rings (SSSR count). The highest BCUT2D eigenvalue weighted by Gasteiger charge is 2.60. The van der Waals surface area contributed by atoms with Crippen molar-refractivity contribution in [2.75, 3.05) is 0 Å². The molecule has 2 aliphatic rings. The highest BCUT2D eigenvalue weighted by Crippen LogP contribution is 2.62. The minimum Gasteiger partial charge on any atom is -0.310 e. The second kappa shape index (κ2) is 3.60. The fraction of sp³-hybridized carbons (Fsp3) is 1.00. The van der Waals surface area contributed by atoms with Gasteiger partial charge >= 0.3 is 0 Å². The lowest BCUT2D eigenvalue weighted by atomic mass is 9.76. The van der Waals surface area contributed by atoms with E-state index in [4.69, 9.17) is 4.84 Å². The third kappa shape index (κ3) is 1.50. The summed E-state index contributed by atoms with van der Waals surface area (Å²) >= 11 is 0. The van der Waals surface area contributed by atoms with E-state index in [9.17, 15) is 10.1 Å². The van der Waals surface area contributed by atoms with E-state index in [2.05, 4.69) is 27.7 Å². The van der Waals surface area contributed by atoms with E-state index in [1.54, 1.807) is 0 Å². The van der Waals surface area contributed by atoms with Crippen molar-refractivity contribution in [3.8, 4) is 0 Å². The van der Waals surface area contributed by atoms with E-state index < -0.39 is 5.09 Å².